The Kier molecular flexibility index (Phi) is 5.09. The molecule has 1 aromatic carbocycles. The van der Waals surface area contributed by atoms with Crippen LogP contribution in [0.1, 0.15) is 19.0 Å². The van der Waals surface area contributed by atoms with E-state index >= 15 is 0 Å². The Hall–Kier alpha value is -2.29. The number of benzene rings is 1. The lowest BCUT2D eigenvalue weighted by Crippen LogP contribution is -2.18. The molecule has 23 heavy (non-hydrogen) atoms. The highest BCUT2D eigenvalue weighted by Gasteiger charge is 2.19. The summed E-state index contributed by atoms with van der Waals surface area (Å²) in [4.78, 5) is 11.2. The van der Waals surface area contributed by atoms with Crippen molar-refractivity contribution >= 4 is 16.2 Å². The van der Waals surface area contributed by atoms with Crippen molar-refractivity contribution in [2.45, 2.75) is 24.7 Å². The van der Waals surface area contributed by atoms with Crippen LogP contribution in [0.3, 0.4) is 0 Å². The molecule has 2 rings (SSSR count). The number of ether oxygens (including phenoxy) is 1. The first-order valence-electron chi connectivity index (χ1n) is 6.89. The van der Waals surface area contributed by atoms with Gasteiger partial charge in [-0.3, -0.25) is 4.79 Å². The number of carbonyl (C=O) groups is 1. The van der Waals surface area contributed by atoms with E-state index in [4.69, 9.17) is 4.74 Å². The molecule has 0 fully saturated rings. The zero-order valence-corrected chi connectivity index (χ0v) is 13.5. The summed E-state index contributed by atoms with van der Waals surface area (Å²) in [6, 6.07) is 5.13. The van der Waals surface area contributed by atoms with Crippen LogP contribution in [0.25, 0.3) is 5.69 Å². The molecule has 0 spiro atoms. The van der Waals surface area contributed by atoms with Gasteiger partial charge in [0.1, 0.15) is 0 Å². The molecule has 124 valence electrons. The summed E-state index contributed by atoms with van der Waals surface area (Å²) in [6.45, 7) is 1.88. The highest BCUT2D eigenvalue weighted by Crippen LogP contribution is 2.16. The van der Waals surface area contributed by atoms with Crippen LogP contribution < -0.4 is 0 Å². The van der Waals surface area contributed by atoms with Gasteiger partial charge < -0.3 is 4.74 Å². The van der Waals surface area contributed by atoms with Gasteiger partial charge >= 0.3 is 16.2 Å². The minimum Gasteiger partial charge on any atom is -0.469 e. The van der Waals surface area contributed by atoms with E-state index in [1.165, 1.54) is 23.9 Å². The number of halogens is 1. The number of nitrogens with zero attached hydrogens (tertiary/aromatic N) is 3. The minimum absolute atomic E-state index is 0.302. The van der Waals surface area contributed by atoms with Gasteiger partial charge in [0.15, 0.2) is 0 Å². The van der Waals surface area contributed by atoms with Crippen molar-refractivity contribution in [3.8, 4) is 5.69 Å². The van der Waals surface area contributed by atoms with Gasteiger partial charge in [-0.1, -0.05) is 12.1 Å². The van der Waals surface area contributed by atoms with Gasteiger partial charge in [-0.2, -0.15) is 8.42 Å². The molecule has 1 aromatic heterocycles. The van der Waals surface area contributed by atoms with Crippen LogP contribution in [0.2, 0.25) is 0 Å². The molecule has 0 N–H and O–H groups in total. The second-order valence-electron chi connectivity index (χ2n) is 4.92. The molecule has 0 saturated carbocycles. The quantitative estimate of drug-likeness (QED) is 0.586. The van der Waals surface area contributed by atoms with Crippen molar-refractivity contribution in [1.29, 1.82) is 0 Å². The number of aromatic nitrogens is 3. The fourth-order valence-electron chi connectivity index (χ4n) is 2.09. The molecule has 9 heteroatoms. The summed E-state index contributed by atoms with van der Waals surface area (Å²) >= 11 is 0. The Labute approximate surface area is 133 Å². The molecule has 0 aliphatic carbocycles. The molecular weight excluding hydrogens is 325 g/mol. The summed E-state index contributed by atoms with van der Waals surface area (Å²) in [6.07, 6.45) is 2.63. The zero-order chi connectivity index (χ0) is 17.0. The molecule has 0 bridgehead atoms. The Morgan fingerprint density at radius 1 is 1.35 bits per heavy atom. The molecule has 0 amide bonds. The Bertz CT molecular complexity index is 787. The summed E-state index contributed by atoms with van der Waals surface area (Å²) < 4.78 is 40.6. The van der Waals surface area contributed by atoms with Crippen molar-refractivity contribution < 1.29 is 21.8 Å². The zero-order valence-electron chi connectivity index (χ0n) is 12.6. The van der Waals surface area contributed by atoms with E-state index in [9.17, 15) is 17.1 Å². The third kappa shape index (κ3) is 4.13. The average Bonchev–Trinajstić information content (AvgIpc) is 2.99. The average molecular weight is 341 g/mol. The summed E-state index contributed by atoms with van der Waals surface area (Å²) in [5.74, 6) is -0.608. The van der Waals surface area contributed by atoms with Crippen LogP contribution in [-0.2, 0) is 26.2 Å². The predicted molar refractivity (Wildman–Crippen MR) is 79.2 cm³/mol. The number of esters is 1. The smallest absolute Gasteiger partial charge is 0.332 e. The lowest BCUT2D eigenvalue weighted by Gasteiger charge is -2.09. The Balaban J connectivity index is 2.17. The van der Waals surface area contributed by atoms with Crippen LogP contribution in [0.5, 0.6) is 0 Å². The van der Waals surface area contributed by atoms with Crippen LogP contribution in [-0.4, -0.2) is 36.5 Å². The van der Waals surface area contributed by atoms with E-state index in [0.29, 0.717) is 24.2 Å². The molecule has 1 unspecified atom stereocenters. The fourth-order valence-corrected chi connectivity index (χ4v) is 2.55. The van der Waals surface area contributed by atoms with Crippen LogP contribution in [0.4, 0.5) is 3.89 Å². The highest BCUT2D eigenvalue weighted by molar-refractivity contribution is 7.86. The number of rotatable bonds is 6. The maximum absolute atomic E-state index is 12.8. The minimum atomic E-state index is -4.72. The number of hydrogen-bond donors (Lipinski definition) is 0. The van der Waals surface area contributed by atoms with Gasteiger partial charge in [0.05, 0.1) is 35.5 Å². The lowest BCUT2D eigenvalue weighted by atomic mass is 10.0. The molecule has 0 saturated heterocycles. The second kappa shape index (κ2) is 6.86. The Morgan fingerprint density at radius 2 is 2.00 bits per heavy atom. The Morgan fingerprint density at radius 3 is 2.52 bits per heavy atom. The van der Waals surface area contributed by atoms with Crippen molar-refractivity contribution in [3.63, 3.8) is 0 Å². The number of hydrogen-bond acceptors (Lipinski definition) is 6. The van der Waals surface area contributed by atoms with Gasteiger partial charge in [0.2, 0.25) is 0 Å². The SMILES string of the molecule is CCC(Cc1cn(-c2ccc(S(=O)(=O)F)cc2)nn1)C(=O)OC. The van der Waals surface area contributed by atoms with Crippen LogP contribution in [0.15, 0.2) is 35.4 Å². The van der Waals surface area contributed by atoms with Gasteiger partial charge in [0, 0.05) is 6.42 Å². The summed E-state index contributed by atoms with van der Waals surface area (Å²) in [5, 5.41) is 7.90. The largest absolute Gasteiger partial charge is 0.469 e. The topological polar surface area (TPSA) is 91.1 Å². The first-order chi connectivity index (χ1) is 10.8. The maximum Gasteiger partial charge on any atom is 0.332 e. The van der Waals surface area contributed by atoms with Crippen molar-refractivity contribution in [2.24, 2.45) is 5.92 Å². The molecule has 1 atom stereocenters. The van der Waals surface area contributed by atoms with Crippen molar-refractivity contribution in [3.05, 3.63) is 36.2 Å². The standard InChI is InChI=1S/C14H16FN3O4S/c1-3-10(14(19)22-2)8-11-9-18(17-16-11)12-4-6-13(7-5-12)23(15,20)21/h4-7,9-10H,3,8H2,1-2H3. The predicted octanol–water partition coefficient (Wildman–Crippen LogP) is 1.67. The van der Waals surface area contributed by atoms with E-state index in [1.54, 1.807) is 6.20 Å². The molecular formula is C14H16FN3O4S. The summed E-state index contributed by atoms with van der Waals surface area (Å²) in [5.41, 5.74) is 1.13. The van der Waals surface area contributed by atoms with Gasteiger partial charge in [-0.25, -0.2) is 4.68 Å². The van der Waals surface area contributed by atoms with Gasteiger partial charge in [-0.05, 0) is 30.7 Å². The second-order valence-corrected chi connectivity index (χ2v) is 6.27. The molecule has 0 aliphatic rings. The molecule has 0 radical (unpaired) electrons. The molecule has 2 aromatic rings. The third-order valence-corrected chi connectivity index (χ3v) is 4.24. The monoisotopic (exact) mass is 341 g/mol. The molecule has 7 nitrogen and oxygen atoms in total. The van der Waals surface area contributed by atoms with E-state index in [1.807, 2.05) is 6.92 Å². The van der Waals surface area contributed by atoms with Gasteiger partial charge in [0.25, 0.3) is 0 Å². The third-order valence-electron chi connectivity index (χ3n) is 3.41. The molecule has 0 aliphatic heterocycles. The van der Waals surface area contributed by atoms with Gasteiger partial charge in [-0.15, -0.1) is 8.98 Å². The normalized spacial score (nSPS) is 12.8. The van der Waals surface area contributed by atoms with Crippen LogP contribution in [0, 0.1) is 5.92 Å². The van der Waals surface area contributed by atoms with E-state index in [0.717, 1.165) is 12.1 Å². The van der Waals surface area contributed by atoms with Crippen molar-refractivity contribution in [2.75, 3.05) is 7.11 Å². The van der Waals surface area contributed by atoms with Crippen molar-refractivity contribution in [1.82, 2.24) is 15.0 Å². The number of methoxy groups -OCH3 is 1. The lowest BCUT2D eigenvalue weighted by molar-refractivity contribution is -0.145. The first-order valence-corrected chi connectivity index (χ1v) is 8.27. The fraction of sp³-hybridized carbons (Fsp3) is 0.357. The number of carbonyl (C=O) groups excluding carboxylic acids is 1. The van der Waals surface area contributed by atoms with E-state index in [-0.39, 0.29) is 11.9 Å². The molecule has 1 heterocycles. The highest BCUT2D eigenvalue weighted by atomic mass is 32.3. The maximum atomic E-state index is 12.8. The van der Waals surface area contributed by atoms with E-state index in [2.05, 4.69) is 10.3 Å². The summed E-state index contributed by atoms with van der Waals surface area (Å²) in [7, 11) is -3.39. The van der Waals surface area contributed by atoms with Crippen LogP contribution >= 0.6 is 0 Å². The first kappa shape index (κ1) is 17.1. The van der Waals surface area contributed by atoms with E-state index < -0.39 is 15.1 Å².